The molecule has 5 N–H and O–H groups in total. The highest BCUT2D eigenvalue weighted by Crippen LogP contribution is 2.28. The summed E-state index contributed by atoms with van der Waals surface area (Å²) in [4.78, 5) is 100. The van der Waals surface area contributed by atoms with Crippen LogP contribution >= 0.6 is 0 Å². The van der Waals surface area contributed by atoms with Gasteiger partial charge in [-0.15, -0.1) is 0 Å². The summed E-state index contributed by atoms with van der Waals surface area (Å²) in [6, 6.07) is 21.8. The zero-order chi connectivity index (χ0) is 58.0. The van der Waals surface area contributed by atoms with Crippen molar-refractivity contribution in [3.8, 4) is 0 Å². The minimum absolute atomic E-state index is 0.0261. The molecule has 7 rings (SSSR count). The fraction of sp³-hybridized carbons (Fsp3) is 0.404. The molecule has 3 heterocycles. The number of fused-ring (bicyclic) bond motifs is 3. The lowest BCUT2D eigenvalue weighted by Gasteiger charge is -2.19. The molecule has 21 nitrogen and oxygen atoms in total. The number of carboxylic acids is 1. The van der Waals surface area contributed by atoms with E-state index < -0.39 is 48.0 Å². The Hall–Kier alpha value is -8.46. The van der Waals surface area contributed by atoms with Crippen molar-refractivity contribution in [2.75, 3.05) is 84.9 Å². The number of aryl methyl sites for hydroxylation is 4. The highest BCUT2D eigenvalue weighted by atomic mass is 16.5. The van der Waals surface area contributed by atoms with Crippen LogP contribution < -0.4 is 21.3 Å². The SMILES string of the molecule is COC(=O)/C=C(/Nc1ccc(C)cc1CN(C)C)C(=O)OC.COC(=O)CC1Nc2ccc(C)cc2CN(C)C1=O.COC(=O)CC1Nc2ccc(C)cc2CN(C)C1=O.Cc1ccc2c(c1)CN(C)C(=O)C(CC(=O)O)N2. The van der Waals surface area contributed by atoms with E-state index in [0.717, 1.165) is 73.3 Å². The molecule has 420 valence electrons. The number of carbonyl (C=O) groups is 8. The number of likely N-dealkylation sites (N-methyl/N-ethyl adjacent to an activating group) is 3. The summed E-state index contributed by atoms with van der Waals surface area (Å²) in [6.07, 6.45) is 0.932. The topological polar surface area (TPSA) is 255 Å². The second-order valence-corrected chi connectivity index (χ2v) is 19.4. The molecule has 0 spiro atoms. The maximum atomic E-state index is 12.2. The Morgan fingerprint density at radius 2 is 0.949 bits per heavy atom. The number of nitrogens with zero attached hydrogens (tertiary/aromatic N) is 4. The van der Waals surface area contributed by atoms with Crippen molar-refractivity contribution in [3.63, 3.8) is 0 Å². The van der Waals surface area contributed by atoms with Crippen molar-refractivity contribution in [1.82, 2.24) is 19.6 Å². The lowest BCUT2D eigenvalue weighted by atomic mass is 10.1. The molecule has 0 fully saturated rings. The molecule has 0 bridgehead atoms. The standard InChI is InChI=1S/C16H22N2O4.2C14H18N2O3.C13H16N2O3/c1-11-6-7-13(12(8-11)10-18(2)3)17-14(16(20)22-5)9-15(19)21-4;2*1-9-4-5-11-10(6-9)8-16(2)14(18)12(15-11)7-13(17)19-3;1-8-3-4-10-9(5-8)7-15(2)13(18)11(14-10)6-12(16)17/h6-9,17H,10H2,1-5H3;2*4-6,12,15H,7-8H2,1-3H3;3-5,11,14H,6-7H2,1-2H3,(H,16,17)/b14-9+;;;. The predicted octanol–water partition coefficient (Wildman–Crippen LogP) is 5.54. The zero-order valence-corrected chi connectivity index (χ0v) is 46.8. The molecule has 4 aromatic rings. The zero-order valence-electron chi connectivity index (χ0n) is 46.8. The third kappa shape index (κ3) is 18.4. The third-order valence-electron chi connectivity index (χ3n) is 12.5. The highest BCUT2D eigenvalue weighted by Gasteiger charge is 2.32. The summed E-state index contributed by atoms with van der Waals surface area (Å²) in [5.74, 6) is -3.42. The van der Waals surface area contributed by atoms with E-state index in [4.69, 9.17) is 5.11 Å². The van der Waals surface area contributed by atoms with Crippen LogP contribution in [0.2, 0.25) is 0 Å². The van der Waals surface area contributed by atoms with Gasteiger partial charge in [0.15, 0.2) is 0 Å². The number of methoxy groups -OCH3 is 4. The molecule has 21 heteroatoms. The number of carbonyl (C=O) groups excluding carboxylic acids is 7. The summed E-state index contributed by atoms with van der Waals surface area (Å²) in [6.45, 7) is 10.3. The van der Waals surface area contributed by atoms with Gasteiger partial charge in [-0.05, 0) is 88.3 Å². The average Bonchev–Trinajstić information content (AvgIpc) is 3.68. The Morgan fingerprint density at radius 3 is 1.29 bits per heavy atom. The Kier molecular flexibility index (Phi) is 23.2. The van der Waals surface area contributed by atoms with Crippen molar-refractivity contribution in [1.29, 1.82) is 0 Å². The lowest BCUT2D eigenvalue weighted by Crippen LogP contribution is -2.39. The first-order chi connectivity index (χ1) is 36.9. The van der Waals surface area contributed by atoms with Crippen LogP contribution in [0.15, 0.2) is 84.6 Å². The Morgan fingerprint density at radius 1 is 0.577 bits per heavy atom. The molecule has 0 saturated carbocycles. The van der Waals surface area contributed by atoms with Gasteiger partial charge in [-0.3, -0.25) is 28.8 Å². The Labute approximate surface area is 456 Å². The molecule has 0 aliphatic carbocycles. The summed E-state index contributed by atoms with van der Waals surface area (Å²) in [5.41, 5.74) is 12.1. The molecule has 4 aromatic carbocycles. The molecular formula is C57H74N8O13. The number of carboxylic acid groups (broad SMARTS) is 1. The van der Waals surface area contributed by atoms with Crippen molar-refractivity contribution in [2.24, 2.45) is 0 Å². The van der Waals surface area contributed by atoms with E-state index in [1.54, 1.807) is 35.8 Å². The summed E-state index contributed by atoms with van der Waals surface area (Å²) < 4.78 is 18.5. The van der Waals surface area contributed by atoms with Gasteiger partial charge in [0, 0.05) is 70.1 Å². The van der Waals surface area contributed by atoms with Crippen LogP contribution in [0, 0.1) is 27.7 Å². The van der Waals surface area contributed by atoms with Gasteiger partial charge in [0.25, 0.3) is 0 Å². The van der Waals surface area contributed by atoms with Gasteiger partial charge in [-0.1, -0.05) is 70.8 Å². The van der Waals surface area contributed by atoms with Crippen LogP contribution in [0.3, 0.4) is 0 Å². The highest BCUT2D eigenvalue weighted by molar-refractivity contribution is 5.99. The Balaban J connectivity index is 0.000000225. The van der Waals surface area contributed by atoms with Crippen molar-refractivity contribution >= 4 is 70.3 Å². The van der Waals surface area contributed by atoms with Gasteiger partial charge in [0.2, 0.25) is 17.7 Å². The fourth-order valence-electron chi connectivity index (χ4n) is 8.51. The Bertz CT molecular complexity index is 2780. The summed E-state index contributed by atoms with van der Waals surface area (Å²) in [5, 5.41) is 21.1. The van der Waals surface area contributed by atoms with Crippen LogP contribution in [-0.4, -0.2) is 154 Å². The van der Waals surface area contributed by atoms with Crippen LogP contribution in [0.1, 0.15) is 63.8 Å². The van der Waals surface area contributed by atoms with E-state index in [-0.39, 0.29) is 42.7 Å². The molecule has 3 amide bonds. The number of rotatable bonds is 12. The summed E-state index contributed by atoms with van der Waals surface area (Å²) >= 11 is 0. The van der Waals surface area contributed by atoms with Gasteiger partial charge in [0.05, 0.1) is 53.8 Å². The van der Waals surface area contributed by atoms with Gasteiger partial charge in [0.1, 0.15) is 23.8 Å². The van der Waals surface area contributed by atoms with E-state index in [0.29, 0.717) is 26.2 Å². The van der Waals surface area contributed by atoms with E-state index in [1.165, 1.54) is 28.4 Å². The van der Waals surface area contributed by atoms with Crippen LogP contribution in [0.4, 0.5) is 22.7 Å². The van der Waals surface area contributed by atoms with Crippen molar-refractivity contribution < 1.29 is 62.4 Å². The number of hydrogen-bond donors (Lipinski definition) is 5. The molecule has 3 atom stereocenters. The monoisotopic (exact) mass is 1080 g/mol. The molecule has 3 aliphatic heterocycles. The largest absolute Gasteiger partial charge is 0.481 e. The van der Waals surface area contributed by atoms with Gasteiger partial charge < -0.3 is 64.9 Å². The van der Waals surface area contributed by atoms with Gasteiger partial charge in [-0.2, -0.15) is 0 Å². The number of anilines is 4. The smallest absolute Gasteiger partial charge is 0.354 e. The van der Waals surface area contributed by atoms with E-state index in [9.17, 15) is 38.4 Å². The molecule has 3 aliphatic rings. The first-order valence-electron chi connectivity index (χ1n) is 24.9. The fourth-order valence-corrected chi connectivity index (χ4v) is 8.51. The molecule has 0 radical (unpaired) electrons. The number of benzene rings is 4. The number of esters is 4. The van der Waals surface area contributed by atoms with E-state index in [1.807, 2.05) is 119 Å². The second-order valence-electron chi connectivity index (χ2n) is 19.4. The second kappa shape index (κ2) is 29.2. The third-order valence-corrected chi connectivity index (χ3v) is 12.5. The first-order valence-corrected chi connectivity index (χ1v) is 24.9. The van der Waals surface area contributed by atoms with Crippen LogP contribution in [0.5, 0.6) is 0 Å². The minimum atomic E-state index is -0.982. The number of aliphatic carboxylic acids is 1. The maximum Gasteiger partial charge on any atom is 0.354 e. The average molecular weight is 1080 g/mol. The van der Waals surface area contributed by atoms with Crippen LogP contribution in [-0.2, 0) is 83.5 Å². The molecule has 3 unspecified atom stereocenters. The maximum absolute atomic E-state index is 12.2. The van der Waals surface area contributed by atoms with Gasteiger partial charge in [-0.25, -0.2) is 9.59 Å². The van der Waals surface area contributed by atoms with E-state index in [2.05, 4.69) is 40.2 Å². The lowest BCUT2D eigenvalue weighted by molar-refractivity contribution is -0.144. The predicted molar refractivity (Wildman–Crippen MR) is 295 cm³/mol. The van der Waals surface area contributed by atoms with Crippen molar-refractivity contribution in [3.05, 3.63) is 129 Å². The molecule has 78 heavy (non-hydrogen) atoms. The molecular weight excluding hydrogens is 1000 g/mol. The summed E-state index contributed by atoms with van der Waals surface area (Å²) in [7, 11) is 14.2. The van der Waals surface area contributed by atoms with Gasteiger partial charge >= 0.3 is 29.8 Å². The quantitative estimate of drug-likeness (QED) is 0.0663. The van der Waals surface area contributed by atoms with Crippen molar-refractivity contribution in [2.45, 2.75) is 91.3 Å². The number of nitrogens with one attached hydrogen (secondary N) is 4. The normalized spacial score (nSPS) is 16.5. The number of hydrogen-bond acceptors (Lipinski definition) is 17. The number of amides is 3. The number of ether oxygens (including phenoxy) is 4. The first kappa shape index (κ1) is 62.1. The minimum Gasteiger partial charge on any atom is -0.481 e. The van der Waals surface area contributed by atoms with Crippen LogP contribution in [0.25, 0.3) is 0 Å². The molecule has 0 aromatic heterocycles. The molecule has 0 saturated heterocycles. The van der Waals surface area contributed by atoms with E-state index >= 15 is 0 Å².